The summed E-state index contributed by atoms with van der Waals surface area (Å²) in [6.45, 7) is 0. The van der Waals surface area contributed by atoms with E-state index >= 15 is 0 Å². The average molecular weight is 578 g/mol. The van der Waals surface area contributed by atoms with Crippen molar-refractivity contribution in [2.45, 2.75) is 18.3 Å². The first kappa shape index (κ1) is 24.9. The SMILES string of the molecule is Fc1ccc(N(C2=CC=C(c3ccc4c(c3)C35c6ccccc6-c6cccc(c63)-c3cccc-4c35)CC2)c2ccccc2)cc1. The summed E-state index contributed by atoms with van der Waals surface area (Å²) in [6, 6.07) is 47.1. The van der Waals surface area contributed by atoms with Crippen LogP contribution in [-0.2, 0) is 5.41 Å². The van der Waals surface area contributed by atoms with Crippen molar-refractivity contribution < 1.29 is 4.39 Å². The lowest BCUT2D eigenvalue weighted by molar-refractivity contribution is 0.628. The van der Waals surface area contributed by atoms with Crippen molar-refractivity contribution in [3.63, 3.8) is 0 Å². The van der Waals surface area contributed by atoms with Gasteiger partial charge in [-0.2, -0.15) is 0 Å². The van der Waals surface area contributed by atoms with Crippen LogP contribution in [0.25, 0.3) is 39.0 Å². The molecule has 1 nitrogen and oxygen atoms in total. The van der Waals surface area contributed by atoms with Crippen LogP contribution in [0.4, 0.5) is 15.8 Å². The molecule has 4 aliphatic rings. The molecule has 0 radical (unpaired) electrons. The van der Waals surface area contributed by atoms with Crippen molar-refractivity contribution in [1.29, 1.82) is 0 Å². The summed E-state index contributed by atoms with van der Waals surface area (Å²) in [6.07, 6.45) is 6.36. The first-order chi connectivity index (χ1) is 22.2. The molecule has 0 heterocycles. The number of fused-ring (bicyclic) bond motifs is 5. The van der Waals surface area contributed by atoms with Gasteiger partial charge < -0.3 is 4.90 Å². The molecule has 0 amide bonds. The smallest absolute Gasteiger partial charge is 0.123 e. The Morgan fingerprint density at radius 3 is 1.78 bits per heavy atom. The van der Waals surface area contributed by atoms with Crippen LogP contribution in [0.1, 0.15) is 40.7 Å². The van der Waals surface area contributed by atoms with Crippen LogP contribution in [0.15, 0.2) is 151 Å². The Hall–Kier alpha value is -5.47. The van der Waals surface area contributed by atoms with E-state index in [1.165, 1.54) is 84.6 Å². The van der Waals surface area contributed by atoms with E-state index < -0.39 is 0 Å². The lowest BCUT2D eigenvalue weighted by Gasteiger charge is -2.30. The standard InChI is InChI=1S/C43H28FN/c44-29-19-23-32(24-20-29)45(30-8-2-1-3-9-30)31-21-16-27(17-22-31)28-18-25-34-36-12-7-14-38-37-13-6-11-35-33-10-4-5-15-39(33)43(41(35)37,42(36)38)40(34)26-28/h1-16,18-21,23-26H,17,22H2. The van der Waals surface area contributed by atoms with Crippen LogP contribution in [0.3, 0.4) is 0 Å². The van der Waals surface area contributed by atoms with Gasteiger partial charge in [-0.3, -0.25) is 0 Å². The highest BCUT2D eigenvalue weighted by Crippen LogP contribution is 2.69. The molecular formula is C43H28FN. The predicted molar refractivity (Wildman–Crippen MR) is 182 cm³/mol. The molecule has 10 rings (SSSR count). The third-order valence-corrected chi connectivity index (χ3v) is 10.4. The molecule has 1 spiro atoms. The minimum absolute atomic E-state index is 0.223. The molecule has 6 aromatic rings. The molecule has 1 unspecified atom stereocenters. The van der Waals surface area contributed by atoms with Crippen molar-refractivity contribution in [2.24, 2.45) is 0 Å². The fourth-order valence-electron chi connectivity index (χ4n) is 8.65. The van der Waals surface area contributed by atoms with Crippen molar-refractivity contribution in [3.05, 3.63) is 185 Å². The molecule has 0 bridgehead atoms. The maximum Gasteiger partial charge on any atom is 0.123 e. The van der Waals surface area contributed by atoms with E-state index in [1.807, 2.05) is 18.2 Å². The number of halogens is 1. The van der Waals surface area contributed by atoms with Gasteiger partial charge in [0.2, 0.25) is 0 Å². The normalized spacial score (nSPS) is 17.6. The molecule has 0 saturated carbocycles. The van der Waals surface area contributed by atoms with E-state index in [-0.39, 0.29) is 11.2 Å². The number of hydrogen-bond donors (Lipinski definition) is 0. The van der Waals surface area contributed by atoms with Crippen LogP contribution in [0, 0.1) is 5.82 Å². The zero-order chi connectivity index (χ0) is 29.7. The van der Waals surface area contributed by atoms with Crippen LogP contribution in [0.5, 0.6) is 0 Å². The van der Waals surface area contributed by atoms with Gasteiger partial charge in [-0.15, -0.1) is 0 Å². The molecule has 212 valence electrons. The number of nitrogens with zero attached hydrogens (tertiary/aromatic N) is 1. The second-order valence-corrected chi connectivity index (χ2v) is 12.5. The summed E-state index contributed by atoms with van der Waals surface area (Å²) in [7, 11) is 0. The number of benzene rings is 6. The van der Waals surface area contributed by atoms with Gasteiger partial charge in [-0.1, -0.05) is 97.1 Å². The van der Waals surface area contributed by atoms with E-state index in [2.05, 4.69) is 120 Å². The highest BCUT2D eigenvalue weighted by atomic mass is 19.1. The van der Waals surface area contributed by atoms with Gasteiger partial charge in [0.05, 0.1) is 5.41 Å². The first-order valence-electron chi connectivity index (χ1n) is 15.8. The number of rotatable bonds is 4. The van der Waals surface area contributed by atoms with Gasteiger partial charge in [0.1, 0.15) is 5.82 Å². The number of hydrogen-bond acceptors (Lipinski definition) is 1. The van der Waals surface area contributed by atoms with Crippen LogP contribution in [-0.4, -0.2) is 0 Å². The van der Waals surface area contributed by atoms with Crippen molar-refractivity contribution in [3.8, 4) is 33.4 Å². The van der Waals surface area contributed by atoms with Gasteiger partial charge in [0.15, 0.2) is 0 Å². The summed E-state index contributed by atoms with van der Waals surface area (Å²) < 4.78 is 13.8. The van der Waals surface area contributed by atoms with Crippen LogP contribution in [0.2, 0.25) is 0 Å². The van der Waals surface area contributed by atoms with E-state index in [4.69, 9.17) is 0 Å². The van der Waals surface area contributed by atoms with E-state index in [0.717, 1.165) is 24.2 Å². The Morgan fingerprint density at radius 2 is 1.09 bits per heavy atom. The fourth-order valence-corrected chi connectivity index (χ4v) is 8.65. The molecule has 2 heteroatoms. The first-order valence-corrected chi connectivity index (χ1v) is 15.8. The third kappa shape index (κ3) is 3.21. The molecule has 0 aromatic heterocycles. The topological polar surface area (TPSA) is 3.24 Å². The van der Waals surface area contributed by atoms with Gasteiger partial charge in [-0.25, -0.2) is 4.39 Å². The highest BCUT2D eigenvalue weighted by molar-refractivity contribution is 6.06. The summed E-state index contributed by atoms with van der Waals surface area (Å²) in [4.78, 5) is 2.25. The zero-order valence-electron chi connectivity index (χ0n) is 24.6. The monoisotopic (exact) mass is 577 g/mol. The van der Waals surface area contributed by atoms with Crippen LogP contribution < -0.4 is 4.90 Å². The molecule has 0 aliphatic heterocycles. The molecule has 4 aliphatic carbocycles. The number of anilines is 2. The Bertz CT molecular complexity index is 2240. The van der Waals surface area contributed by atoms with Gasteiger partial charge in [0, 0.05) is 17.1 Å². The Morgan fingerprint density at radius 1 is 0.489 bits per heavy atom. The van der Waals surface area contributed by atoms with Crippen molar-refractivity contribution in [1.82, 2.24) is 0 Å². The molecule has 0 fully saturated rings. The van der Waals surface area contributed by atoms with E-state index in [1.54, 1.807) is 0 Å². The average Bonchev–Trinajstić information content (AvgIpc) is 3.69. The van der Waals surface area contributed by atoms with Crippen molar-refractivity contribution in [2.75, 3.05) is 4.90 Å². The largest absolute Gasteiger partial charge is 0.314 e. The fraction of sp³-hybridized carbons (Fsp3) is 0.0698. The minimum Gasteiger partial charge on any atom is -0.314 e. The highest BCUT2D eigenvalue weighted by Gasteiger charge is 2.57. The maximum absolute atomic E-state index is 13.8. The molecule has 6 aromatic carbocycles. The van der Waals surface area contributed by atoms with E-state index in [9.17, 15) is 4.39 Å². The molecule has 1 atom stereocenters. The minimum atomic E-state index is -0.261. The molecule has 0 N–H and O–H groups in total. The van der Waals surface area contributed by atoms with Gasteiger partial charge >= 0.3 is 0 Å². The lowest BCUT2D eigenvalue weighted by Crippen LogP contribution is -2.23. The van der Waals surface area contributed by atoms with Gasteiger partial charge in [0.25, 0.3) is 0 Å². The molecule has 0 saturated heterocycles. The summed E-state index contributed by atoms with van der Waals surface area (Å²) in [5.41, 5.74) is 19.6. The maximum atomic E-state index is 13.8. The Labute approximate surface area is 262 Å². The second-order valence-electron chi connectivity index (χ2n) is 12.5. The summed E-state index contributed by atoms with van der Waals surface area (Å²) >= 11 is 0. The van der Waals surface area contributed by atoms with Crippen molar-refractivity contribution >= 4 is 16.9 Å². The quantitative estimate of drug-likeness (QED) is 0.201. The predicted octanol–water partition coefficient (Wildman–Crippen LogP) is 11.0. The Balaban J connectivity index is 1.13. The number of para-hydroxylation sites is 1. The number of allylic oxidation sites excluding steroid dienone is 4. The molecule has 45 heavy (non-hydrogen) atoms. The second kappa shape index (κ2) is 9.03. The Kier molecular flexibility index (Phi) is 5.00. The van der Waals surface area contributed by atoms with Gasteiger partial charge in [-0.05, 0) is 128 Å². The van der Waals surface area contributed by atoms with Crippen LogP contribution >= 0.6 is 0 Å². The summed E-state index contributed by atoms with van der Waals surface area (Å²) in [5.74, 6) is -0.223. The zero-order valence-corrected chi connectivity index (χ0v) is 24.6. The summed E-state index contributed by atoms with van der Waals surface area (Å²) in [5, 5.41) is 0. The third-order valence-electron chi connectivity index (χ3n) is 10.4. The molecular weight excluding hydrogens is 549 g/mol. The lowest BCUT2D eigenvalue weighted by atomic mass is 9.73. The van der Waals surface area contributed by atoms with E-state index in [0.29, 0.717) is 0 Å².